The zero-order valence-corrected chi connectivity index (χ0v) is 17.6. The third-order valence-electron chi connectivity index (χ3n) is 5.61. The van der Waals surface area contributed by atoms with Gasteiger partial charge in [-0.1, -0.05) is 23.5 Å². The number of carbonyl (C=O) groups is 1. The number of aryl methyl sites for hydroxylation is 1. The molecule has 1 aliphatic heterocycles. The van der Waals surface area contributed by atoms with E-state index in [1.54, 1.807) is 18.3 Å². The Kier molecular flexibility index (Phi) is 5.96. The molecule has 2 aromatic heterocycles. The standard InChI is InChI=1S/C22H25FN4OS/c1-14(23)16-5-7-27(8-6-16)13-21(28)11-20-10-19-9-17(3-4-18(19)12-24-20)22-26-25-15(2)29-22/h3-4,9-10,12,14,16H,5-8,11,13H2,1-2H3. The van der Waals surface area contributed by atoms with Crippen molar-refractivity contribution in [2.45, 2.75) is 39.3 Å². The van der Waals surface area contributed by atoms with E-state index in [4.69, 9.17) is 0 Å². The van der Waals surface area contributed by atoms with Crippen LogP contribution in [0.15, 0.2) is 30.5 Å². The highest BCUT2D eigenvalue weighted by Gasteiger charge is 2.24. The maximum Gasteiger partial charge on any atom is 0.152 e. The predicted molar refractivity (Wildman–Crippen MR) is 114 cm³/mol. The summed E-state index contributed by atoms with van der Waals surface area (Å²) < 4.78 is 13.4. The average molecular weight is 413 g/mol. The van der Waals surface area contributed by atoms with Gasteiger partial charge in [0, 0.05) is 22.8 Å². The number of hydrogen-bond donors (Lipinski definition) is 0. The molecule has 3 heterocycles. The van der Waals surface area contributed by atoms with Gasteiger partial charge in [0.2, 0.25) is 0 Å². The Morgan fingerprint density at radius 3 is 2.72 bits per heavy atom. The summed E-state index contributed by atoms with van der Waals surface area (Å²) in [6.07, 6.45) is 3.03. The first-order valence-electron chi connectivity index (χ1n) is 10.1. The molecule has 1 aromatic carbocycles. The number of benzene rings is 1. The van der Waals surface area contributed by atoms with Gasteiger partial charge in [-0.05, 0) is 63.2 Å². The molecule has 0 spiro atoms. The molecule has 1 atom stereocenters. The number of alkyl halides is 1. The second kappa shape index (κ2) is 8.63. The highest BCUT2D eigenvalue weighted by atomic mass is 32.1. The van der Waals surface area contributed by atoms with Gasteiger partial charge in [-0.2, -0.15) is 0 Å². The molecule has 4 rings (SSSR count). The topological polar surface area (TPSA) is 59.0 Å². The molecule has 1 fully saturated rings. The number of hydrogen-bond acceptors (Lipinski definition) is 6. The first-order chi connectivity index (χ1) is 14.0. The van der Waals surface area contributed by atoms with Gasteiger partial charge in [0.05, 0.1) is 13.0 Å². The zero-order chi connectivity index (χ0) is 20.4. The van der Waals surface area contributed by atoms with Crippen molar-refractivity contribution in [2.75, 3.05) is 19.6 Å². The molecular weight excluding hydrogens is 387 g/mol. The van der Waals surface area contributed by atoms with Crippen molar-refractivity contribution in [3.63, 3.8) is 0 Å². The summed E-state index contributed by atoms with van der Waals surface area (Å²) in [6, 6.07) is 8.11. The number of Topliss-reactive ketones (excluding diaryl/α,β-unsaturated/α-hetero) is 1. The second-order valence-electron chi connectivity index (χ2n) is 7.87. The number of nitrogens with zero attached hydrogens (tertiary/aromatic N) is 4. The molecule has 1 aliphatic rings. The maximum absolute atomic E-state index is 13.4. The van der Waals surface area contributed by atoms with Crippen molar-refractivity contribution < 1.29 is 9.18 Å². The average Bonchev–Trinajstić information content (AvgIpc) is 3.14. The number of carbonyl (C=O) groups excluding carboxylic acids is 1. The van der Waals surface area contributed by atoms with E-state index in [0.717, 1.165) is 58.0 Å². The summed E-state index contributed by atoms with van der Waals surface area (Å²) in [4.78, 5) is 19.2. The molecule has 0 amide bonds. The first-order valence-corrected chi connectivity index (χ1v) is 10.9. The van der Waals surface area contributed by atoms with E-state index in [2.05, 4.69) is 26.1 Å². The monoisotopic (exact) mass is 412 g/mol. The lowest BCUT2D eigenvalue weighted by Crippen LogP contribution is -2.39. The quantitative estimate of drug-likeness (QED) is 0.606. The molecule has 0 saturated carbocycles. The lowest BCUT2D eigenvalue weighted by Gasteiger charge is -2.32. The van der Waals surface area contributed by atoms with Crippen molar-refractivity contribution in [2.24, 2.45) is 5.92 Å². The molecule has 7 heteroatoms. The van der Waals surface area contributed by atoms with Gasteiger partial charge >= 0.3 is 0 Å². The Labute approximate surface area is 174 Å². The minimum absolute atomic E-state index is 0.134. The largest absolute Gasteiger partial charge is 0.298 e. The van der Waals surface area contributed by atoms with Gasteiger partial charge in [0.1, 0.15) is 16.2 Å². The molecule has 152 valence electrons. The molecule has 1 unspecified atom stereocenters. The van der Waals surface area contributed by atoms with E-state index in [-0.39, 0.29) is 11.7 Å². The summed E-state index contributed by atoms with van der Waals surface area (Å²) in [7, 11) is 0. The Bertz CT molecular complexity index is 1010. The number of rotatable bonds is 6. The SMILES string of the molecule is Cc1nnc(-c2ccc3cnc(CC(=O)CN4CCC(C(C)F)CC4)cc3c2)s1. The van der Waals surface area contributed by atoms with E-state index in [9.17, 15) is 9.18 Å². The van der Waals surface area contributed by atoms with Crippen molar-refractivity contribution in [3.8, 4) is 10.6 Å². The van der Waals surface area contributed by atoms with Gasteiger partial charge in [-0.3, -0.25) is 14.7 Å². The van der Waals surface area contributed by atoms with E-state index in [0.29, 0.717) is 13.0 Å². The van der Waals surface area contributed by atoms with E-state index >= 15 is 0 Å². The van der Waals surface area contributed by atoms with Crippen LogP contribution in [0.3, 0.4) is 0 Å². The van der Waals surface area contributed by atoms with Crippen LogP contribution >= 0.6 is 11.3 Å². The molecule has 0 radical (unpaired) electrons. The van der Waals surface area contributed by atoms with Crippen molar-refractivity contribution in [3.05, 3.63) is 41.2 Å². The highest BCUT2D eigenvalue weighted by molar-refractivity contribution is 7.14. The highest BCUT2D eigenvalue weighted by Crippen LogP contribution is 2.27. The Morgan fingerprint density at radius 2 is 2.03 bits per heavy atom. The number of piperidine rings is 1. The summed E-state index contributed by atoms with van der Waals surface area (Å²) in [5.74, 6) is 0.286. The third-order valence-corrected chi connectivity index (χ3v) is 6.50. The fraction of sp³-hybridized carbons (Fsp3) is 0.455. The molecule has 3 aromatic rings. The maximum atomic E-state index is 13.4. The summed E-state index contributed by atoms with van der Waals surface area (Å²) in [6.45, 7) is 5.57. The van der Waals surface area contributed by atoms with Crippen LogP contribution in [0.1, 0.15) is 30.5 Å². The smallest absolute Gasteiger partial charge is 0.152 e. The minimum atomic E-state index is -0.761. The molecule has 1 saturated heterocycles. The number of likely N-dealkylation sites (tertiary alicyclic amines) is 1. The van der Waals surface area contributed by atoms with Crippen LogP contribution in [0.2, 0.25) is 0 Å². The number of pyridine rings is 1. The van der Waals surface area contributed by atoms with E-state index in [1.165, 1.54) is 0 Å². The van der Waals surface area contributed by atoms with Crippen LogP contribution in [0.25, 0.3) is 21.3 Å². The van der Waals surface area contributed by atoms with E-state index < -0.39 is 6.17 Å². The third kappa shape index (κ3) is 4.85. The minimum Gasteiger partial charge on any atom is -0.298 e. The molecule has 0 N–H and O–H groups in total. The number of ketones is 1. The molecule has 29 heavy (non-hydrogen) atoms. The fourth-order valence-electron chi connectivity index (χ4n) is 3.91. The Balaban J connectivity index is 1.42. The predicted octanol–water partition coefficient (Wildman–Crippen LogP) is 4.24. The summed E-state index contributed by atoms with van der Waals surface area (Å²) >= 11 is 1.56. The van der Waals surface area contributed by atoms with Gasteiger partial charge in [0.15, 0.2) is 5.78 Å². The fourth-order valence-corrected chi connectivity index (χ4v) is 4.60. The van der Waals surface area contributed by atoms with Gasteiger partial charge in [0.25, 0.3) is 0 Å². The number of aromatic nitrogens is 3. The first kappa shape index (κ1) is 20.0. The van der Waals surface area contributed by atoms with Crippen LogP contribution in [0.5, 0.6) is 0 Å². The van der Waals surface area contributed by atoms with Gasteiger partial charge < -0.3 is 0 Å². The van der Waals surface area contributed by atoms with Gasteiger partial charge in [-0.25, -0.2) is 4.39 Å². The Hall–Kier alpha value is -2.25. The molecule has 0 aliphatic carbocycles. The van der Waals surface area contributed by atoms with Gasteiger partial charge in [-0.15, -0.1) is 10.2 Å². The molecule has 5 nitrogen and oxygen atoms in total. The summed E-state index contributed by atoms with van der Waals surface area (Å²) in [5, 5.41) is 12.2. The van der Waals surface area contributed by atoms with Crippen molar-refractivity contribution in [1.29, 1.82) is 0 Å². The van der Waals surface area contributed by atoms with Crippen LogP contribution in [-0.4, -0.2) is 51.7 Å². The van der Waals surface area contributed by atoms with Crippen molar-refractivity contribution in [1.82, 2.24) is 20.1 Å². The lowest BCUT2D eigenvalue weighted by molar-refractivity contribution is -0.120. The normalized spacial score (nSPS) is 16.9. The van der Waals surface area contributed by atoms with Crippen LogP contribution in [0.4, 0.5) is 4.39 Å². The van der Waals surface area contributed by atoms with Crippen molar-refractivity contribution >= 4 is 27.9 Å². The van der Waals surface area contributed by atoms with Crippen LogP contribution in [-0.2, 0) is 11.2 Å². The van der Waals surface area contributed by atoms with Crippen LogP contribution in [0, 0.1) is 12.8 Å². The van der Waals surface area contributed by atoms with E-state index in [1.807, 2.05) is 31.3 Å². The molecule has 0 bridgehead atoms. The Morgan fingerprint density at radius 1 is 1.24 bits per heavy atom. The molecular formula is C22H25FN4OS. The zero-order valence-electron chi connectivity index (χ0n) is 16.8. The summed E-state index contributed by atoms with van der Waals surface area (Å²) in [5.41, 5.74) is 1.80. The lowest BCUT2D eigenvalue weighted by atomic mass is 9.93. The number of halogens is 1. The van der Waals surface area contributed by atoms with Crippen LogP contribution < -0.4 is 0 Å². The second-order valence-corrected chi connectivity index (χ2v) is 9.05. The number of fused-ring (bicyclic) bond motifs is 1.